The molecule has 0 aliphatic heterocycles. The average Bonchev–Trinajstić information content (AvgIpc) is 3.17. The van der Waals surface area contributed by atoms with Crippen LogP contribution in [0.3, 0.4) is 0 Å². The summed E-state index contributed by atoms with van der Waals surface area (Å²) in [5.74, 6) is 1.91. The van der Waals surface area contributed by atoms with Crippen LogP contribution in [0.4, 0.5) is 5.69 Å². The van der Waals surface area contributed by atoms with E-state index < -0.39 is 0 Å². The number of carbonyl (C=O) groups is 1. The van der Waals surface area contributed by atoms with E-state index in [9.17, 15) is 4.79 Å². The molecule has 1 heterocycles. The van der Waals surface area contributed by atoms with Crippen molar-refractivity contribution in [2.45, 2.75) is 25.3 Å². The van der Waals surface area contributed by atoms with Crippen LogP contribution in [0.25, 0.3) is 0 Å². The summed E-state index contributed by atoms with van der Waals surface area (Å²) >= 11 is 0. The monoisotopic (exact) mass is 396 g/mol. The van der Waals surface area contributed by atoms with E-state index in [0.29, 0.717) is 29.2 Å². The Morgan fingerprint density at radius 3 is 2.65 bits per heavy atom. The van der Waals surface area contributed by atoms with Crippen molar-refractivity contribution < 1.29 is 9.53 Å². The van der Waals surface area contributed by atoms with E-state index in [1.807, 2.05) is 18.2 Å². The van der Waals surface area contributed by atoms with E-state index in [1.54, 1.807) is 24.4 Å². The van der Waals surface area contributed by atoms with Gasteiger partial charge in [0.05, 0.1) is 5.92 Å². The fourth-order valence-electron chi connectivity index (χ4n) is 4.05. The van der Waals surface area contributed by atoms with Crippen LogP contribution in [0.5, 0.6) is 11.6 Å². The number of nitrogens with two attached hydrogens (primary N) is 1. The number of hydrogen-bond acceptors (Lipinski definition) is 5. The SMILES string of the molecule is Cl.Cl.NC1C2CCC(C2)C1C(=O)Nc1cccc(Oc2cccnn2)c1. The van der Waals surface area contributed by atoms with Gasteiger partial charge in [-0.1, -0.05) is 6.07 Å². The van der Waals surface area contributed by atoms with Crippen molar-refractivity contribution in [1.82, 2.24) is 10.2 Å². The third kappa shape index (κ3) is 4.09. The number of aromatic nitrogens is 2. The van der Waals surface area contributed by atoms with E-state index in [-0.39, 0.29) is 42.7 Å². The zero-order valence-electron chi connectivity index (χ0n) is 14.1. The summed E-state index contributed by atoms with van der Waals surface area (Å²) in [6.45, 7) is 0. The lowest BCUT2D eigenvalue weighted by atomic mass is 9.84. The van der Waals surface area contributed by atoms with Gasteiger partial charge in [-0.15, -0.1) is 29.9 Å². The van der Waals surface area contributed by atoms with Gasteiger partial charge < -0.3 is 15.8 Å². The molecule has 0 saturated heterocycles. The van der Waals surface area contributed by atoms with Crippen LogP contribution < -0.4 is 15.8 Å². The molecule has 140 valence electrons. The van der Waals surface area contributed by atoms with E-state index >= 15 is 0 Å². The molecule has 26 heavy (non-hydrogen) atoms. The third-order valence-electron chi connectivity index (χ3n) is 5.16. The average molecular weight is 397 g/mol. The fourth-order valence-corrected chi connectivity index (χ4v) is 4.05. The highest BCUT2D eigenvalue weighted by molar-refractivity contribution is 5.93. The molecule has 2 aromatic rings. The van der Waals surface area contributed by atoms with Crippen LogP contribution in [0, 0.1) is 17.8 Å². The second kappa shape index (κ2) is 8.66. The van der Waals surface area contributed by atoms with Crippen molar-refractivity contribution in [2.75, 3.05) is 5.32 Å². The Bertz CT molecular complexity index is 745. The number of hydrogen-bond donors (Lipinski definition) is 2. The van der Waals surface area contributed by atoms with Gasteiger partial charge in [0.25, 0.3) is 0 Å². The number of benzene rings is 1. The molecule has 2 fully saturated rings. The summed E-state index contributed by atoms with van der Waals surface area (Å²) in [6.07, 6.45) is 4.96. The zero-order chi connectivity index (χ0) is 16.5. The maximum Gasteiger partial charge on any atom is 0.238 e. The van der Waals surface area contributed by atoms with E-state index in [0.717, 1.165) is 19.3 Å². The first-order valence-electron chi connectivity index (χ1n) is 8.33. The van der Waals surface area contributed by atoms with E-state index in [1.165, 1.54) is 0 Å². The minimum atomic E-state index is -0.0756. The Balaban J connectivity index is 0.00000121. The molecular weight excluding hydrogens is 375 g/mol. The second-order valence-electron chi connectivity index (χ2n) is 6.62. The molecule has 6 nitrogen and oxygen atoms in total. The Hall–Kier alpha value is -1.89. The molecule has 2 aliphatic rings. The van der Waals surface area contributed by atoms with E-state index in [4.69, 9.17) is 10.5 Å². The van der Waals surface area contributed by atoms with Crippen molar-refractivity contribution in [3.63, 3.8) is 0 Å². The number of halogens is 2. The van der Waals surface area contributed by atoms with Crippen molar-refractivity contribution >= 4 is 36.4 Å². The van der Waals surface area contributed by atoms with Gasteiger partial charge in [-0.25, -0.2) is 0 Å². The zero-order valence-corrected chi connectivity index (χ0v) is 15.7. The largest absolute Gasteiger partial charge is 0.437 e. The first kappa shape index (κ1) is 20.4. The van der Waals surface area contributed by atoms with Gasteiger partial charge >= 0.3 is 0 Å². The smallest absolute Gasteiger partial charge is 0.238 e. The molecule has 3 N–H and O–H groups in total. The minimum Gasteiger partial charge on any atom is -0.437 e. The molecule has 2 aliphatic carbocycles. The normalized spacial score (nSPS) is 25.7. The van der Waals surface area contributed by atoms with Crippen LogP contribution in [0.1, 0.15) is 19.3 Å². The van der Waals surface area contributed by atoms with Gasteiger partial charge in [0.15, 0.2) is 0 Å². The lowest BCUT2D eigenvalue weighted by Gasteiger charge is -2.27. The summed E-state index contributed by atoms with van der Waals surface area (Å²) in [5, 5.41) is 10.7. The van der Waals surface area contributed by atoms with Gasteiger partial charge in [0.2, 0.25) is 11.8 Å². The number of carbonyl (C=O) groups excluding carboxylic acids is 1. The maximum atomic E-state index is 12.6. The first-order chi connectivity index (χ1) is 11.7. The highest BCUT2D eigenvalue weighted by Gasteiger charge is 2.49. The van der Waals surface area contributed by atoms with E-state index in [2.05, 4.69) is 15.5 Å². The molecule has 0 radical (unpaired) electrons. The molecule has 4 atom stereocenters. The summed E-state index contributed by atoms with van der Waals surface area (Å²) in [4.78, 5) is 12.6. The molecule has 1 aromatic heterocycles. The fraction of sp³-hybridized carbons (Fsp3) is 0.389. The number of amides is 1. The van der Waals surface area contributed by atoms with Crippen LogP contribution in [-0.2, 0) is 4.79 Å². The number of anilines is 1. The number of nitrogens with zero attached hydrogens (tertiary/aromatic N) is 2. The Labute approximate surface area is 164 Å². The molecule has 2 saturated carbocycles. The number of nitrogens with one attached hydrogen (secondary N) is 1. The molecular formula is C18H22Cl2N4O2. The van der Waals surface area contributed by atoms with Crippen molar-refractivity contribution in [2.24, 2.45) is 23.5 Å². The summed E-state index contributed by atoms with van der Waals surface area (Å²) in [6, 6.07) is 10.8. The van der Waals surface area contributed by atoms with Crippen molar-refractivity contribution in [3.8, 4) is 11.6 Å². The maximum absolute atomic E-state index is 12.6. The second-order valence-corrected chi connectivity index (χ2v) is 6.62. The lowest BCUT2D eigenvalue weighted by Crippen LogP contribution is -2.42. The predicted molar refractivity (Wildman–Crippen MR) is 104 cm³/mol. The van der Waals surface area contributed by atoms with Crippen molar-refractivity contribution in [3.05, 3.63) is 42.6 Å². The van der Waals surface area contributed by atoms with Crippen LogP contribution >= 0.6 is 24.8 Å². The van der Waals surface area contributed by atoms with Gasteiger partial charge in [0.1, 0.15) is 5.75 Å². The third-order valence-corrected chi connectivity index (χ3v) is 5.16. The summed E-state index contributed by atoms with van der Waals surface area (Å²) in [5.41, 5.74) is 6.96. The number of rotatable bonds is 4. The lowest BCUT2D eigenvalue weighted by molar-refractivity contribution is -0.121. The van der Waals surface area contributed by atoms with Crippen molar-refractivity contribution in [1.29, 1.82) is 0 Å². The Morgan fingerprint density at radius 1 is 1.15 bits per heavy atom. The predicted octanol–water partition coefficient (Wildman–Crippen LogP) is 3.42. The van der Waals surface area contributed by atoms with Gasteiger partial charge in [-0.05, 0) is 49.3 Å². The molecule has 0 spiro atoms. The molecule has 1 amide bonds. The van der Waals surface area contributed by atoms with Gasteiger partial charge in [-0.2, -0.15) is 5.10 Å². The number of fused-ring (bicyclic) bond motifs is 2. The van der Waals surface area contributed by atoms with Crippen LogP contribution in [0.15, 0.2) is 42.6 Å². The summed E-state index contributed by atoms with van der Waals surface area (Å²) in [7, 11) is 0. The highest BCUT2D eigenvalue weighted by Crippen LogP contribution is 2.47. The minimum absolute atomic E-state index is 0. The standard InChI is InChI=1S/C18H20N4O2.2ClH/c19-17-12-7-6-11(9-12)16(17)18(23)21-13-3-1-4-14(10-13)24-15-5-2-8-20-22-15;;/h1-5,8,10-12,16-17H,6-7,9,19H2,(H,21,23);2*1H. The van der Waals surface area contributed by atoms with Gasteiger partial charge in [0, 0.05) is 30.1 Å². The molecule has 8 heteroatoms. The van der Waals surface area contributed by atoms with Gasteiger partial charge in [-0.3, -0.25) is 4.79 Å². The summed E-state index contributed by atoms with van der Waals surface area (Å²) < 4.78 is 5.65. The Morgan fingerprint density at radius 2 is 1.96 bits per heavy atom. The first-order valence-corrected chi connectivity index (χ1v) is 8.33. The van der Waals surface area contributed by atoms with Crippen LogP contribution in [0.2, 0.25) is 0 Å². The molecule has 4 rings (SSSR count). The quantitative estimate of drug-likeness (QED) is 0.825. The molecule has 1 aromatic carbocycles. The number of ether oxygens (including phenoxy) is 1. The molecule has 2 bridgehead atoms. The Kier molecular flexibility index (Phi) is 6.81. The molecule has 4 unspecified atom stereocenters. The highest BCUT2D eigenvalue weighted by atomic mass is 35.5. The topological polar surface area (TPSA) is 90.1 Å². The van der Waals surface area contributed by atoms with Crippen LogP contribution in [-0.4, -0.2) is 22.1 Å².